The zero-order chi connectivity index (χ0) is 15.4. The van der Waals surface area contributed by atoms with Gasteiger partial charge < -0.3 is 9.30 Å². The minimum atomic E-state index is 0.739. The average molecular weight is 290 g/mol. The predicted octanol–water partition coefficient (Wildman–Crippen LogP) is 4.40. The largest absolute Gasteiger partial charge is 0.497 e. The second kappa shape index (κ2) is 6.31. The Morgan fingerprint density at radius 3 is 2.59 bits per heavy atom. The normalized spacial score (nSPS) is 11.1. The Morgan fingerprint density at radius 1 is 1.09 bits per heavy atom. The number of benzene rings is 2. The van der Waals surface area contributed by atoms with Gasteiger partial charge in [-0.05, 0) is 35.9 Å². The monoisotopic (exact) mass is 290 g/mol. The maximum atomic E-state index is 5.17. The number of methoxy groups -OCH3 is 1. The molecule has 0 atom stereocenters. The zero-order valence-corrected chi connectivity index (χ0v) is 12.6. The van der Waals surface area contributed by atoms with Gasteiger partial charge in [0.05, 0.1) is 18.1 Å². The second-order valence-corrected chi connectivity index (χ2v) is 4.96. The molecular weight excluding hydrogens is 272 g/mol. The molecule has 0 amide bonds. The van der Waals surface area contributed by atoms with Gasteiger partial charge in [0.25, 0.3) is 0 Å². The molecule has 3 aromatic rings. The molecule has 110 valence electrons. The van der Waals surface area contributed by atoms with E-state index in [2.05, 4.69) is 28.3 Å². The molecule has 1 heterocycles. The molecule has 0 saturated heterocycles. The summed E-state index contributed by atoms with van der Waals surface area (Å²) in [4.78, 5) is 4.68. The summed E-state index contributed by atoms with van der Waals surface area (Å²) < 4.78 is 7.33. The van der Waals surface area contributed by atoms with Crippen LogP contribution in [0.25, 0.3) is 23.2 Å². The molecule has 0 radical (unpaired) electrons. The van der Waals surface area contributed by atoms with Crippen molar-refractivity contribution in [3.63, 3.8) is 0 Å². The summed E-state index contributed by atoms with van der Waals surface area (Å²) in [5.74, 6) is 1.79. The van der Waals surface area contributed by atoms with Gasteiger partial charge in [-0.2, -0.15) is 0 Å². The lowest BCUT2D eigenvalue weighted by Gasteiger charge is -2.03. The SMILES string of the molecule is C=CCn1c(C=Cc2ccc(OC)cc2)nc2ccccc21. The van der Waals surface area contributed by atoms with E-state index >= 15 is 0 Å². The fraction of sp³-hybridized carbons (Fsp3) is 0.105. The molecule has 3 nitrogen and oxygen atoms in total. The summed E-state index contributed by atoms with van der Waals surface area (Å²) in [6.07, 6.45) is 5.98. The van der Waals surface area contributed by atoms with Crippen molar-refractivity contribution in [2.45, 2.75) is 6.54 Å². The van der Waals surface area contributed by atoms with E-state index in [-0.39, 0.29) is 0 Å². The Labute approximate surface area is 130 Å². The van der Waals surface area contributed by atoms with Gasteiger partial charge in [-0.3, -0.25) is 0 Å². The Bertz CT molecular complexity index is 813. The highest BCUT2D eigenvalue weighted by molar-refractivity contribution is 5.80. The highest BCUT2D eigenvalue weighted by atomic mass is 16.5. The summed E-state index contributed by atoms with van der Waals surface area (Å²) in [7, 11) is 1.67. The molecule has 0 bridgehead atoms. The molecule has 2 aromatic carbocycles. The molecule has 0 aliphatic heterocycles. The van der Waals surface area contributed by atoms with E-state index < -0.39 is 0 Å². The van der Waals surface area contributed by atoms with Crippen LogP contribution in [0.15, 0.2) is 61.2 Å². The molecule has 0 aliphatic rings. The van der Waals surface area contributed by atoms with Crippen molar-refractivity contribution in [2.24, 2.45) is 0 Å². The first-order valence-electron chi connectivity index (χ1n) is 7.20. The standard InChI is InChI=1S/C19H18N2O/c1-3-14-21-18-7-5-4-6-17(18)20-19(21)13-10-15-8-11-16(22-2)12-9-15/h3-13H,1,14H2,2H3. The first-order valence-corrected chi connectivity index (χ1v) is 7.20. The van der Waals surface area contributed by atoms with E-state index in [4.69, 9.17) is 4.74 Å². The lowest BCUT2D eigenvalue weighted by Crippen LogP contribution is -1.97. The van der Waals surface area contributed by atoms with Gasteiger partial charge in [-0.15, -0.1) is 6.58 Å². The third-order valence-corrected chi connectivity index (χ3v) is 3.54. The van der Waals surface area contributed by atoms with Crippen molar-refractivity contribution < 1.29 is 4.74 Å². The zero-order valence-electron chi connectivity index (χ0n) is 12.6. The Kier molecular flexibility index (Phi) is 4.05. The maximum Gasteiger partial charge on any atom is 0.134 e. The van der Waals surface area contributed by atoms with E-state index in [1.807, 2.05) is 54.6 Å². The van der Waals surface area contributed by atoms with E-state index in [1.165, 1.54) is 0 Å². The van der Waals surface area contributed by atoms with E-state index in [0.29, 0.717) is 0 Å². The van der Waals surface area contributed by atoms with Crippen LogP contribution < -0.4 is 4.74 Å². The molecular formula is C19H18N2O. The van der Waals surface area contributed by atoms with Crippen molar-refractivity contribution in [3.05, 3.63) is 72.6 Å². The summed E-state index contributed by atoms with van der Waals surface area (Å²) >= 11 is 0. The summed E-state index contributed by atoms with van der Waals surface area (Å²) in [5, 5.41) is 0. The van der Waals surface area contributed by atoms with Gasteiger partial charge >= 0.3 is 0 Å². The number of para-hydroxylation sites is 2. The minimum Gasteiger partial charge on any atom is -0.497 e. The molecule has 1 aromatic heterocycles. The van der Waals surface area contributed by atoms with Crippen molar-refractivity contribution in [2.75, 3.05) is 7.11 Å². The van der Waals surface area contributed by atoms with E-state index in [9.17, 15) is 0 Å². The number of nitrogens with zero attached hydrogens (tertiary/aromatic N) is 2. The van der Waals surface area contributed by atoms with Crippen LogP contribution >= 0.6 is 0 Å². The van der Waals surface area contributed by atoms with Crippen LogP contribution in [0.4, 0.5) is 0 Å². The van der Waals surface area contributed by atoms with Crippen molar-refractivity contribution in [1.29, 1.82) is 0 Å². The molecule has 22 heavy (non-hydrogen) atoms. The van der Waals surface area contributed by atoms with Crippen molar-refractivity contribution in [1.82, 2.24) is 9.55 Å². The number of rotatable bonds is 5. The number of hydrogen-bond acceptors (Lipinski definition) is 2. The van der Waals surface area contributed by atoms with Crippen molar-refractivity contribution >= 4 is 23.2 Å². The van der Waals surface area contributed by atoms with Gasteiger partial charge in [-0.25, -0.2) is 4.98 Å². The van der Waals surface area contributed by atoms with Gasteiger partial charge in [0, 0.05) is 6.54 Å². The Balaban J connectivity index is 1.96. The number of imidazole rings is 1. The molecule has 3 rings (SSSR count). The fourth-order valence-electron chi connectivity index (χ4n) is 2.43. The molecule has 0 spiro atoms. The number of ether oxygens (including phenoxy) is 1. The van der Waals surface area contributed by atoms with Gasteiger partial charge in [0.15, 0.2) is 0 Å². The number of allylic oxidation sites excluding steroid dienone is 1. The van der Waals surface area contributed by atoms with Gasteiger partial charge in [0.1, 0.15) is 11.6 Å². The molecule has 0 unspecified atom stereocenters. The maximum absolute atomic E-state index is 5.17. The number of hydrogen-bond donors (Lipinski definition) is 0. The predicted molar refractivity (Wildman–Crippen MR) is 91.9 cm³/mol. The van der Waals surface area contributed by atoms with Crippen LogP contribution in [-0.4, -0.2) is 16.7 Å². The number of aromatic nitrogens is 2. The van der Waals surface area contributed by atoms with Crippen LogP contribution in [0.2, 0.25) is 0 Å². The summed E-state index contributed by atoms with van der Waals surface area (Å²) in [5.41, 5.74) is 3.23. The lowest BCUT2D eigenvalue weighted by molar-refractivity contribution is 0.415. The lowest BCUT2D eigenvalue weighted by atomic mass is 10.2. The first-order chi connectivity index (χ1) is 10.8. The highest BCUT2D eigenvalue weighted by Crippen LogP contribution is 2.19. The van der Waals surface area contributed by atoms with Gasteiger partial charge in [-0.1, -0.05) is 36.4 Å². The molecule has 0 aliphatic carbocycles. The molecule has 0 saturated carbocycles. The Hall–Kier alpha value is -2.81. The molecule has 3 heteroatoms. The second-order valence-electron chi connectivity index (χ2n) is 4.96. The first kappa shape index (κ1) is 14.1. The quantitative estimate of drug-likeness (QED) is 0.651. The van der Waals surface area contributed by atoms with E-state index in [1.54, 1.807) is 7.11 Å². The smallest absolute Gasteiger partial charge is 0.134 e. The summed E-state index contributed by atoms with van der Waals surface area (Å²) in [6.45, 7) is 4.57. The Morgan fingerprint density at radius 2 is 1.86 bits per heavy atom. The van der Waals surface area contributed by atoms with Crippen LogP contribution in [-0.2, 0) is 6.54 Å². The fourth-order valence-corrected chi connectivity index (χ4v) is 2.43. The van der Waals surface area contributed by atoms with Crippen molar-refractivity contribution in [3.8, 4) is 5.75 Å². The molecule has 0 N–H and O–H groups in total. The highest BCUT2D eigenvalue weighted by Gasteiger charge is 2.06. The minimum absolute atomic E-state index is 0.739. The average Bonchev–Trinajstić information content (AvgIpc) is 2.92. The summed E-state index contributed by atoms with van der Waals surface area (Å²) in [6, 6.07) is 16.1. The third-order valence-electron chi connectivity index (χ3n) is 3.54. The van der Waals surface area contributed by atoms with E-state index in [0.717, 1.165) is 34.7 Å². The van der Waals surface area contributed by atoms with Gasteiger partial charge in [0.2, 0.25) is 0 Å². The molecule has 0 fully saturated rings. The van der Waals surface area contributed by atoms with Crippen LogP contribution in [0.3, 0.4) is 0 Å². The third kappa shape index (κ3) is 2.79. The van der Waals surface area contributed by atoms with Crippen LogP contribution in [0.5, 0.6) is 5.75 Å². The van der Waals surface area contributed by atoms with Crippen LogP contribution in [0.1, 0.15) is 11.4 Å². The van der Waals surface area contributed by atoms with Crippen LogP contribution in [0, 0.1) is 0 Å². The topological polar surface area (TPSA) is 27.1 Å². The number of fused-ring (bicyclic) bond motifs is 1.